The van der Waals surface area contributed by atoms with Crippen molar-refractivity contribution < 1.29 is 19.4 Å². The summed E-state index contributed by atoms with van der Waals surface area (Å²) in [5, 5.41) is 11.1. The maximum Gasteiger partial charge on any atom is 0.325 e. The second kappa shape index (κ2) is 8.33. The molecule has 0 radical (unpaired) electrons. The Morgan fingerprint density at radius 3 is 2.55 bits per heavy atom. The van der Waals surface area contributed by atoms with Crippen LogP contribution in [0.1, 0.15) is 23.5 Å². The molecule has 5 nitrogen and oxygen atoms in total. The van der Waals surface area contributed by atoms with Gasteiger partial charge in [-0.3, -0.25) is 9.59 Å². The first-order valence-corrected chi connectivity index (χ1v) is 9.14. The van der Waals surface area contributed by atoms with E-state index in [0.717, 1.165) is 0 Å². The molecule has 0 aliphatic carbocycles. The number of carboxylic acids is 1. The molecule has 0 aromatic heterocycles. The van der Waals surface area contributed by atoms with Crippen LogP contribution in [0.3, 0.4) is 0 Å². The van der Waals surface area contributed by atoms with E-state index in [0.29, 0.717) is 10.3 Å². The third kappa shape index (κ3) is 5.14. The normalized spacial score (nSPS) is 16.8. The molecule has 1 aliphatic heterocycles. The van der Waals surface area contributed by atoms with E-state index in [1.54, 1.807) is 0 Å². The van der Waals surface area contributed by atoms with Crippen molar-refractivity contribution in [1.82, 2.24) is 5.32 Å². The number of hydrogen-bond donors (Lipinski definition) is 2. The molecule has 0 spiro atoms. The van der Waals surface area contributed by atoms with Gasteiger partial charge in [-0.15, -0.1) is 23.5 Å². The van der Waals surface area contributed by atoms with Gasteiger partial charge in [0, 0.05) is 0 Å². The molecule has 1 aliphatic rings. The van der Waals surface area contributed by atoms with E-state index in [2.05, 4.69) is 5.32 Å². The van der Waals surface area contributed by atoms with Gasteiger partial charge < -0.3 is 15.2 Å². The fraction of sp³-hybridized carbons (Fsp3) is 0.467. The van der Waals surface area contributed by atoms with Crippen LogP contribution in [0.2, 0.25) is 0 Å². The minimum absolute atomic E-state index is 0.191. The summed E-state index contributed by atoms with van der Waals surface area (Å²) >= 11 is 3.90. The molecule has 1 aromatic carbocycles. The maximum atomic E-state index is 11.5. The molecule has 1 fully saturated rings. The van der Waals surface area contributed by atoms with Crippen molar-refractivity contribution in [2.24, 2.45) is 0 Å². The summed E-state index contributed by atoms with van der Waals surface area (Å²) in [4.78, 5) is 22.2. The highest BCUT2D eigenvalue weighted by molar-refractivity contribution is 8.16. The van der Waals surface area contributed by atoms with E-state index in [4.69, 9.17) is 9.84 Å². The minimum atomic E-state index is -1.07. The van der Waals surface area contributed by atoms with Crippen LogP contribution in [0, 0.1) is 0 Å². The Balaban J connectivity index is 1.81. The Morgan fingerprint density at radius 1 is 1.32 bits per heavy atom. The third-order valence-corrected chi connectivity index (χ3v) is 6.11. The average molecular weight is 341 g/mol. The fourth-order valence-electron chi connectivity index (χ4n) is 1.90. The van der Waals surface area contributed by atoms with E-state index in [9.17, 15) is 9.59 Å². The molecule has 1 aromatic rings. The van der Waals surface area contributed by atoms with Crippen molar-refractivity contribution >= 4 is 35.4 Å². The number of benzene rings is 1. The second-order valence-electron chi connectivity index (χ2n) is 4.91. The number of thioether (sulfide) groups is 2. The van der Waals surface area contributed by atoms with Gasteiger partial charge in [-0.25, -0.2) is 0 Å². The number of hydrogen-bond acceptors (Lipinski definition) is 5. The molecule has 1 unspecified atom stereocenters. The van der Waals surface area contributed by atoms with Crippen molar-refractivity contribution in [3.05, 3.63) is 29.8 Å². The van der Waals surface area contributed by atoms with Gasteiger partial charge in [0.1, 0.15) is 11.8 Å². The van der Waals surface area contributed by atoms with Crippen molar-refractivity contribution in [3.8, 4) is 5.75 Å². The van der Waals surface area contributed by atoms with E-state index in [1.165, 1.54) is 30.4 Å². The Labute approximate surface area is 138 Å². The quantitative estimate of drug-likeness (QED) is 0.828. The lowest BCUT2D eigenvalue weighted by atomic mass is 10.2. The SMILES string of the molecule is CC(NC(=O)COc1ccc(C2SCCCS2)cc1)C(=O)O. The van der Waals surface area contributed by atoms with Crippen molar-refractivity contribution in [2.45, 2.75) is 24.0 Å². The summed E-state index contributed by atoms with van der Waals surface area (Å²) in [5.41, 5.74) is 1.26. The number of amides is 1. The lowest BCUT2D eigenvalue weighted by Crippen LogP contribution is -2.40. The van der Waals surface area contributed by atoms with Gasteiger partial charge in [0.15, 0.2) is 6.61 Å². The van der Waals surface area contributed by atoms with Crippen LogP contribution in [0.5, 0.6) is 5.75 Å². The Hall–Kier alpha value is -1.34. The van der Waals surface area contributed by atoms with Gasteiger partial charge in [0.05, 0.1) is 4.58 Å². The Kier molecular flexibility index (Phi) is 6.45. The van der Waals surface area contributed by atoms with E-state index < -0.39 is 17.9 Å². The van der Waals surface area contributed by atoms with Crippen molar-refractivity contribution in [2.75, 3.05) is 18.1 Å². The monoisotopic (exact) mass is 341 g/mol. The van der Waals surface area contributed by atoms with Crippen LogP contribution < -0.4 is 10.1 Å². The molecule has 0 bridgehead atoms. The standard InChI is InChI=1S/C15H19NO4S2/c1-10(14(18)19)16-13(17)9-20-12-5-3-11(4-6-12)15-21-7-2-8-22-15/h3-6,10,15H,2,7-9H2,1H3,(H,16,17)(H,18,19). The largest absolute Gasteiger partial charge is 0.484 e. The number of carboxylic acid groups (broad SMARTS) is 1. The first-order chi connectivity index (χ1) is 10.6. The minimum Gasteiger partial charge on any atom is -0.484 e. The summed E-state index contributed by atoms with van der Waals surface area (Å²) in [5.74, 6) is 1.47. The van der Waals surface area contributed by atoms with E-state index in [1.807, 2.05) is 47.8 Å². The molecular weight excluding hydrogens is 322 g/mol. The van der Waals surface area contributed by atoms with Gasteiger partial charge in [-0.1, -0.05) is 12.1 Å². The number of aliphatic carboxylic acids is 1. The highest BCUT2D eigenvalue weighted by Gasteiger charge is 2.17. The topological polar surface area (TPSA) is 75.6 Å². The lowest BCUT2D eigenvalue weighted by molar-refractivity contribution is -0.141. The van der Waals surface area contributed by atoms with E-state index in [-0.39, 0.29) is 6.61 Å². The van der Waals surface area contributed by atoms with Crippen LogP contribution in [0.25, 0.3) is 0 Å². The summed E-state index contributed by atoms with van der Waals surface area (Å²) in [6.45, 7) is 1.22. The first-order valence-electron chi connectivity index (χ1n) is 7.04. The molecule has 2 rings (SSSR count). The maximum absolute atomic E-state index is 11.5. The van der Waals surface area contributed by atoms with Gasteiger partial charge in [0.25, 0.3) is 5.91 Å². The molecular formula is C15H19NO4S2. The van der Waals surface area contributed by atoms with Crippen LogP contribution >= 0.6 is 23.5 Å². The Bertz CT molecular complexity index is 515. The van der Waals surface area contributed by atoms with Gasteiger partial charge >= 0.3 is 5.97 Å². The van der Waals surface area contributed by atoms with Crippen LogP contribution in [-0.2, 0) is 9.59 Å². The number of carbonyl (C=O) groups is 2. The third-order valence-electron chi connectivity index (χ3n) is 3.10. The summed E-state index contributed by atoms with van der Waals surface area (Å²) in [6.07, 6.45) is 1.26. The number of rotatable bonds is 6. The molecule has 1 atom stereocenters. The number of carbonyl (C=O) groups excluding carboxylic acids is 1. The molecule has 1 amide bonds. The molecule has 22 heavy (non-hydrogen) atoms. The highest BCUT2D eigenvalue weighted by Crippen LogP contribution is 2.43. The lowest BCUT2D eigenvalue weighted by Gasteiger charge is -2.21. The van der Waals surface area contributed by atoms with Gasteiger partial charge in [0.2, 0.25) is 0 Å². The van der Waals surface area contributed by atoms with Crippen LogP contribution in [-0.4, -0.2) is 41.1 Å². The molecule has 2 N–H and O–H groups in total. The number of ether oxygens (including phenoxy) is 1. The molecule has 120 valence electrons. The summed E-state index contributed by atoms with van der Waals surface area (Å²) < 4.78 is 5.85. The Morgan fingerprint density at radius 2 is 1.95 bits per heavy atom. The average Bonchev–Trinajstić information content (AvgIpc) is 2.54. The predicted octanol–water partition coefficient (Wildman–Crippen LogP) is 2.52. The molecule has 1 saturated heterocycles. The summed E-state index contributed by atoms with van der Waals surface area (Å²) in [6, 6.07) is 6.81. The zero-order chi connectivity index (χ0) is 15.9. The van der Waals surface area contributed by atoms with Crippen LogP contribution in [0.15, 0.2) is 24.3 Å². The van der Waals surface area contributed by atoms with Crippen molar-refractivity contribution in [1.29, 1.82) is 0 Å². The smallest absolute Gasteiger partial charge is 0.325 e. The molecule has 7 heteroatoms. The predicted molar refractivity (Wildman–Crippen MR) is 89.5 cm³/mol. The summed E-state index contributed by atoms with van der Waals surface area (Å²) in [7, 11) is 0. The van der Waals surface area contributed by atoms with Crippen molar-refractivity contribution in [3.63, 3.8) is 0 Å². The highest BCUT2D eigenvalue weighted by atomic mass is 32.2. The second-order valence-corrected chi connectivity index (χ2v) is 7.64. The zero-order valence-electron chi connectivity index (χ0n) is 12.3. The van der Waals surface area contributed by atoms with Crippen LogP contribution in [0.4, 0.5) is 0 Å². The fourth-order valence-corrected chi connectivity index (χ4v) is 4.79. The number of nitrogens with one attached hydrogen (secondary N) is 1. The molecule has 0 saturated carbocycles. The zero-order valence-corrected chi connectivity index (χ0v) is 13.9. The van der Waals surface area contributed by atoms with Gasteiger partial charge in [-0.2, -0.15) is 0 Å². The van der Waals surface area contributed by atoms with E-state index >= 15 is 0 Å². The molecule has 1 heterocycles. The van der Waals surface area contributed by atoms with Gasteiger partial charge in [-0.05, 0) is 42.5 Å². The first kappa shape index (κ1) is 17.0.